The van der Waals surface area contributed by atoms with Crippen molar-refractivity contribution in [2.75, 3.05) is 13.6 Å². The minimum absolute atomic E-state index is 0.0943. The van der Waals surface area contributed by atoms with Crippen LogP contribution in [-0.4, -0.2) is 55.1 Å². The number of amides is 2. The summed E-state index contributed by atoms with van der Waals surface area (Å²) in [6.07, 6.45) is 5.66. The van der Waals surface area contributed by atoms with Gasteiger partial charge in [0, 0.05) is 32.6 Å². The van der Waals surface area contributed by atoms with Gasteiger partial charge in [-0.15, -0.1) is 0 Å². The van der Waals surface area contributed by atoms with Gasteiger partial charge in [0.15, 0.2) is 0 Å². The zero-order valence-electron chi connectivity index (χ0n) is 21.3. The van der Waals surface area contributed by atoms with E-state index >= 15 is 0 Å². The van der Waals surface area contributed by atoms with Crippen molar-refractivity contribution >= 4 is 45.0 Å². The summed E-state index contributed by atoms with van der Waals surface area (Å²) in [6.45, 7) is 2.08. The molecule has 1 atom stereocenters. The highest BCUT2D eigenvalue weighted by Gasteiger charge is 2.28. The Morgan fingerprint density at radius 1 is 1.03 bits per heavy atom. The Bertz CT molecular complexity index is 1170. The predicted molar refractivity (Wildman–Crippen MR) is 147 cm³/mol. The fourth-order valence-electron chi connectivity index (χ4n) is 4.48. The van der Waals surface area contributed by atoms with Gasteiger partial charge in [-0.3, -0.25) is 9.59 Å². The van der Waals surface area contributed by atoms with Crippen molar-refractivity contribution in [1.82, 2.24) is 14.5 Å². The first-order valence-electron chi connectivity index (χ1n) is 12.6. The van der Waals surface area contributed by atoms with Gasteiger partial charge in [-0.2, -0.15) is 0 Å². The van der Waals surface area contributed by atoms with Crippen LogP contribution < -0.4 is 5.32 Å². The van der Waals surface area contributed by atoms with E-state index in [0.717, 1.165) is 31.2 Å². The molecule has 1 saturated carbocycles. The molecule has 1 aliphatic rings. The zero-order chi connectivity index (χ0) is 27.0. The molecule has 0 spiro atoms. The third-order valence-electron chi connectivity index (χ3n) is 6.77. The van der Waals surface area contributed by atoms with Gasteiger partial charge in [-0.05, 0) is 56.0 Å². The molecule has 0 unspecified atom stereocenters. The van der Waals surface area contributed by atoms with Gasteiger partial charge in [0.1, 0.15) is 6.04 Å². The zero-order valence-corrected chi connectivity index (χ0v) is 23.7. The van der Waals surface area contributed by atoms with Crippen LogP contribution in [0.25, 0.3) is 0 Å². The fraction of sp³-hybridized carbons (Fsp3) is 0.481. The second-order valence-electron chi connectivity index (χ2n) is 9.53. The Hall–Kier alpha value is -2.13. The van der Waals surface area contributed by atoms with Crippen LogP contribution in [-0.2, 0) is 26.2 Å². The van der Waals surface area contributed by atoms with Crippen molar-refractivity contribution in [2.45, 2.75) is 75.4 Å². The minimum atomic E-state index is -3.64. The average molecular weight is 569 g/mol. The molecular formula is C27H35Cl2N3O4S. The minimum Gasteiger partial charge on any atom is -0.352 e. The molecule has 7 nitrogen and oxygen atoms in total. The molecule has 0 aromatic heterocycles. The highest BCUT2D eigenvalue weighted by atomic mass is 35.5. The summed E-state index contributed by atoms with van der Waals surface area (Å²) in [7, 11) is -2.14. The highest BCUT2D eigenvalue weighted by molar-refractivity contribution is 7.89. The highest BCUT2D eigenvalue weighted by Crippen LogP contribution is 2.24. The molecule has 0 heterocycles. The predicted octanol–water partition coefficient (Wildman–Crippen LogP) is 5.26. The molecule has 202 valence electrons. The van der Waals surface area contributed by atoms with Crippen LogP contribution in [0.3, 0.4) is 0 Å². The van der Waals surface area contributed by atoms with Crippen molar-refractivity contribution in [3.05, 3.63) is 64.1 Å². The van der Waals surface area contributed by atoms with Gasteiger partial charge >= 0.3 is 0 Å². The molecule has 3 rings (SSSR count). The van der Waals surface area contributed by atoms with E-state index in [4.69, 9.17) is 23.2 Å². The van der Waals surface area contributed by atoms with Crippen molar-refractivity contribution < 1.29 is 18.0 Å². The smallest absolute Gasteiger partial charge is 0.242 e. The molecule has 0 aliphatic heterocycles. The van der Waals surface area contributed by atoms with Gasteiger partial charge in [0.25, 0.3) is 0 Å². The van der Waals surface area contributed by atoms with E-state index in [1.54, 1.807) is 55.5 Å². The van der Waals surface area contributed by atoms with Crippen molar-refractivity contribution in [2.24, 2.45) is 0 Å². The van der Waals surface area contributed by atoms with Gasteiger partial charge in [0.2, 0.25) is 21.8 Å². The lowest BCUT2D eigenvalue weighted by atomic mass is 9.95. The Morgan fingerprint density at radius 2 is 1.70 bits per heavy atom. The molecule has 10 heteroatoms. The summed E-state index contributed by atoms with van der Waals surface area (Å²) in [4.78, 5) is 28.2. The Balaban J connectivity index is 1.67. The molecule has 1 N–H and O–H groups in total. The number of carbonyl (C=O) groups excluding carboxylic acids is 2. The van der Waals surface area contributed by atoms with E-state index in [2.05, 4.69) is 5.32 Å². The number of benzene rings is 2. The fourth-order valence-corrected chi connectivity index (χ4v) is 6.03. The first-order chi connectivity index (χ1) is 17.6. The monoisotopic (exact) mass is 567 g/mol. The third-order valence-corrected chi connectivity index (χ3v) is 9.38. The van der Waals surface area contributed by atoms with Crippen LogP contribution in [0.2, 0.25) is 10.0 Å². The second kappa shape index (κ2) is 13.6. The maximum Gasteiger partial charge on any atom is 0.242 e. The molecule has 2 aromatic rings. The topological polar surface area (TPSA) is 86.8 Å². The van der Waals surface area contributed by atoms with E-state index in [9.17, 15) is 18.0 Å². The summed E-state index contributed by atoms with van der Waals surface area (Å²) in [5.74, 6) is -0.424. The van der Waals surface area contributed by atoms with Gasteiger partial charge < -0.3 is 10.2 Å². The number of halogens is 2. The van der Waals surface area contributed by atoms with E-state index in [-0.39, 0.29) is 42.3 Å². The standard InChI is InChI=1S/C27H35Cl2N3O4S/c1-20(27(34)30-22-10-5-3-6-11-22)32(19-21-15-16-24(28)25(29)18-21)26(33)14-9-17-31(2)37(35,36)23-12-7-4-8-13-23/h4,7-8,12-13,15-16,18,20,22H,3,5-6,9-11,14,17,19H2,1-2H3,(H,30,34)/t20-/m0/s1. The summed E-state index contributed by atoms with van der Waals surface area (Å²) < 4.78 is 26.8. The molecule has 0 radical (unpaired) electrons. The number of hydrogen-bond acceptors (Lipinski definition) is 4. The number of sulfonamides is 1. The van der Waals surface area contributed by atoms with Gasteiger partial charge in [-0.1, -0.05) is 66.7 Å². The van der Waals surface area contributed by atoms with Crippen LogP contribution in [0.4, 0.5) is 0 Å². The number of carbonyl (C=O) groups is 2. The normalized spacial score (nSPS) is 15.4. The number of nitrogens with zero attached hydrogens (tertiary/aromatic N) is 2. The Kier molecular flexibility index (Phi) is 10.8. The molecule has 2 aromatic carbocycles. The van der Waals surface area contributed by atoms with E-state index in [1.165, 1.54) is 22.7 Å². The molecule has 0 saturated heterocycles. The molecule has 37 heavy (non-hydrogen) atoms. The third kappa shape index (κ3) is 8.18. The largest absolute Gasteiger partial charge is 0.352 e. The number of hydrogen-bond donors (Lipinski definition) is 1. The first-order valence-corrected chi connectivity index (χ1v) is 14.8. The van der Waals surface area contributed by atoms with Crippen LogP contribution in [0, 0.1) is 0 Å². The van der Waals surface area contributed by atoms with E-state index in [1.807, 2.05) is 0 Å². The lowest BCUT2D eigenvalue weighted by Crippen LogP contribution is -2.50. The molecular weight excluding hydrogens is 533 g/mol. The molecule has 0 bridgehead atoms. The van der Waals surface area contributed by atoms with Crippen LogP contribution in [0.15, 0.2) is 53.4 Å². The van der Waals surface area contributed by atoms with Gasteiger partial charge in [0.05, 0.1) is 14.9 Å². The molecule has 2 amide bonds. The maximum atomic E-state index is 13.4. The van der Waals surface area contributed by atoms with Crippen molar-refractivity contribution in [3.63, 3.8) is 0 Å². The lowest BCUT2D eigenvalue weighted by molar-refractivity contribution is -0.141. The van der Waals surface area contributed by atoms with Gasteiger partial charge in [-0.25, -0.2) is 12.7 Å². The SMILES string of the molecule is C[C@@H](C(=O)NC1CCCCC1)N(Cc1ccc(Cl)c(Cl)c1)C(=O)CCCN(C)S(=O)(=O)c1ccccc1. The van der Waals surface area contributed by atoms with Crippen molar-refractivity contribution in [1.29, 1.82) is 0 Å². The van der Waals surface area contributed by atoms with Crippen LogP contribution in [0.1, 0.15) is 57.4 Å². The average Bonchev–Trinajstić information content (AvgIpc) is 2.89. The summed E-state index contributed by atoms with van der Waals surface area (Å²) in [5, 5.41) is 3.89. The van der Waals surface area contributed by atoms with Crippen molar-refractivity contribution in [3.8, 4) is 0 Å². The maximum absolute atomic E-state index is 13.4. The van der Waals surface area contributed by atoms with Crippen LogP contribution >= 0.6 is 23.2 Å². The second-order valence-corrected chi connectivity index (χ2v) is 12.4. The quantitative estimate of drug-likeness (QED) is 0.401. The summed E-state index contributed by atoms with van der Waals surface area (Å²) in [5.41, 5.74) is 0.754. The Morgan fingerprint density at radius 3 is 2.35 bits per heavy atom. The van der Waals surface area contributed by atoms with Crippen LogP contribution in [0.5, 0.6) is 0 Å². The van der Waals surface area contributed by atoms with E-state index < -0.39 is 16.1 Å². The lowest BCUT2D eigenvalue weighted by Gasteiger charge is -2.31. The number of nitrogens with one attached hydrogen (secondary N) is 1. The summed E-state index contributed by atoms with van der Waals surface area (Å²) in [6, 6.07) is 12.7. The first kappa shape index (κ1) is 29.4. The van der Waals surface area contributed by atoms with E-state index in [0.29, 0.717) is 16.5 Å². The molecule has 1 aliphatic carbocycles. The Labute approximate surface area is 230 Å². The summed E-state index contributed by atoms with van der Waals surface area (Å²) >= 11 is 12.2. The molecule has 1 fully saturated rings. The number of rotatable bonds is 11.